The van der Waals surface area contributed by atoms with E-state index >= 15 is 0 Å². The predicted molar refractivity (Wildman–Crippen MR) is 58.7 cm³/mol. The molecule has 1 amide bonds. The largest absolute Gasteiger partial charge is 0.508 e. The summed E-state index contributed by atoms with van der Waals surface area (Å²) in [7, 11) is 1.72. The number of hydrogen-bond donors (Lipinski definition) is 3. The second-order valence-electron chi connectivity index (χ2n) is 3.26. The average Bonchev–Trinajstić information content (AvgIpc) is 2.21. The number of para-hydroxylation sites is 1. The van der Waals surface area contributed by atoms with Crippen LogP contribution in [0.3, 0.4) is 0 Å². The number of nitrogens with one attached hydrogen (secondary N) is 2. The Morgan fingerprint density at radius 1 is 1.40 bits per heavy atom. The Morgan fingerprint density at radius 3 is 2.80 bits per heavy atom. The Hall–Kier alpha value is -1.55. The quantitative estimate of drug-likeness (QED) is 0.651. The molecule has 0 fully saturated rings. The van der Waals surface area contributed by atoms with E-state index in [2.05, 4.69) is 10.6 Å². The predicted octanol–water partition coefficient (Wildman–Crippen LogP) is 0.270. The molecule has 1 rings (SSSR count). The van der Waals surface area contributed by atoms with Gasteiger partial charge in [0.25, 0.3) is 0 Å². The Balaban J connectivity index is 2.32. The Labute approximate surface area is 89.3 Å². The maximum absolute atomic E-state index is 11.1. The zero-order chi connectivity index (χ0) is 11.1. The molecule has 0 aromatic heterocycles. The van der Waals surface area contributed by atoms with Crippen LogP contribution in [0.4, 0.5) is 0 Å². The minimum absolute atomic E-state index is 0.0343. The van der Waals surface area contributed by atoms with Crippen LogP contribution in [0.5, 0.6) is 5.75 Å². The smallest absolute Gasteiger partial charge is 0.233 e. The number of phenols is 1. The number of likely N-dealkylation sites (N-methyl/N-ethyl adjacent to an activating group) is 1. The number of benzene rings is 1. The summed E-state index contributed by atoms with van der Waals surface area (Å²) in [5, 5.41) is 15.0. The van der Waals surface area contributed by atoms with Crippen LogP contribution in [0.15, 0.2) is 24.3 Å². The van der Waals surface area contributed by atoms with Gasteiger partial charge in [-0.25, -0.2) is 0 Å². The fraction of sp³-hybridized carbons (Fsp3) is 0.364. The van der Waals surface area contributed by atoms with Crippen LogP contribution in [0, 0.1) is 0 Å². The summed E-state index contributed by atoms with van der Waals surface area (Å²) in [6.45, 7) is 0.860. The van der Waals surface area contributed by atoms with Crippen molar-refractivity contribution < 1.29 is 9.90 Å². The second-order valence-corrected chi connectivity index (χ2v) is 3.26. The van der Waals surface area contributed by atoms with Gasteiger partial charge in [-0.3, -0.25) is 4.79 Å². The first kappa shape index (κ1) is 11.5. The molecule has 0 bridgehead atoms. The van der Waals surface area contributed by atoms with Crippen molar-refractivity contribution in [2.45, 2.75) is 6.42 Å². The number of carbonyl (C=O) groups excluding carboxylic acids is 1. The highest BCUT2D eigenvalue weighted by atomic mass is 16.3. The normalized spacial score (nSPS) is 9.93. The minimum atomic E-state index is -0.0343. The number of amides is 1. The standard InChI is InChI=1S/C11H16N2O2/c1-12-8-11(15)13-7-6-9-4-2-3-5-10(9)14/h2-5,12,14H,6-8H2,1H3,(H,13,15). The summed E-state index contributed by atoms with van der Waals surface area (Å²) in [4.78, 5) is 11.1. The van der Waals surface area contributed by atoms with Crippen LogP contribution < -0.4 is 10.6 Å². The number of phenolic OH excluding ortho intramolecular Hbond substituents is 1. The molecule has 1 aromatic carbocycles. The fourth-order valence-corrected chi connectivity index (χ4v) is 1.28. The number of rotatable bonds is 5. The highest BCUT2D eigenvalue weighted by Crippen LogP contribution is 2.15. The van der Waals surface area contributed by atoms with E-state index in [4.69, 9.17) is 0 Å². The molecule has 0 unspecified atom stereocenters. The number of hydrogen-bond acceptors (Lipinski definition) is 3. The molecule has 0 aliphatic carbocycles. The van der Waals surface area contributed by atoms with E-state index in [0.717, 1.165) is 5.56 Å². The molecule has 4 nitrogen and oxygen atoms in total. The van der Waals surface area contributed by atoms with Crippen molar-refractivity contribution in [3.05, 3.63) is 29.8 Å². The van der Waals surface area contributed by atoms with Crippen LogP contribution in [-0.2, 0) is 11.2 Å². The summed E-state index contributed by atoms with van der Waals surface area (Å²) in [5.74, 6) is 0.244. The van der Waals surface area contributed by atoms with Crippen molar-refractivity contribution in [2.75, 3.05) is 20.1 Å². The van der Waals surface area contributed by atoms with E-state index in [1.165, 1.54) is 0 Å². The third-order valence-electron chi connectivity index (χ3n) is 2.05. The summed E-state index contributed by atoms with van der Waals surface area (Å²) in [5.41, 5.74) is 0.849. The minimum Gasteiger partial charge on any atom is -0.508 e. The molecule has 0 heterocycles. The van der Waals surface area contributed by atoms with Crippen molar-refractivity contribution in [1.82, 2.24) is 10.6 Å². The molecule has 82 valence electrons. The lowest BCUT2D eigenvalue weighted by atomic mass is 10.1. The topological polar surface area (TPSA) is 61.4 Å². The van der Waals surface area contributed by atoms with Crippen LogP contribution in [0.2, 0.25) is 0 Å². The van der Waals surface area contributed by atoms with Crippen LogP contribution in [0.1, 0.15) is 5.56 Å². The molecule has 0 aliphatic heterocycles. The zero-order valence-corrected chi connectivity index (χ0v) is 8.79. The molecule has 15 heavy (non-hydrogen) atoms. The third-order valence-corrected chi connectivity index (χ3v) is 2.05. The SMILES string of the molecule is CNCC(=O)NCCc1ccccc1O. The summed E-state index contributed by atoms with van der Waals surface area (Å²) in [6.07, 6.45) is 0.641. The summed E-state index contributed by atoms with van der Waals surface area (Å²) >= 11 is 0. The first-order valence-corrected chi connectivity index (χ1v) is 4.92. The van der Waals surface area contributed by atoms with Gasteiger partial charge in [0.15, 0.2) is 0 Å². The fourth-order valence-electron chi connectivity index (χ4n) is 1.28. The van der Waals surface area contributed by atoms with E-state index in [0.29, 0.717) is 19.5 Å². The van der Waals surface area contributed by atoms with Crippen molar-refractivity contribution in [1.29, 1.82) is 0 Å². The van der Waals surface area contributed by atoms with Crippen LogP contribution in [-0.4, -0.2) is 31.2 Å². The molecule has 0 radical (unpaired) electrons. The average molecular weight is 208 g/mol. The van der Waals surface area contributed by atoms with Gasteiger partial charge in [0.2, 0.25) is 5.91 Å². The number of aromatic hydroxyl groups is 1. The molecular formula is C11H16N2O2. The third kappa shape index (κ3) is 3.99. The van der Waals surface area contributed by atoms with E-state index in [1.807, 2.05) is 12.1 Å². The van der Waals surface area contributed by atoms with Gasteiger partial charge in [0, 0.05) is 6.54 Å². The number of carbonyl (C=O) groups is 1. The van der Waals surface area contributed by atoms with Gasteiger partial charge in [-0.2, -0.15) is 0 Å². The van der Waals surface area contributed by atoms with Crippen molar-refractivity contribution in [2.24, 2.45) is 0 Å². The van der Waals surface area contributed by atoms with Crippen LogP contribution in [0.25, 0.3) is 0 Å². The van der Waals surface area contributed by atoms with Gasteiger partial charge in [-0.15, -0.1) is 0 Å². The maximum Gasteiger partial charge on any atom is 0.233 e. The van der Waals surface area contributed by atoms with Crippen molar-refractivity contribution >= 4 is 5.91 Å². The van der Waals surface area contributed by atoms with Crippen molar-refractivity contribution in [3.63, 3.8) is 0 Å². The highest BCUT2D eigenvalue weighted by Gasteiger charge is 2.01. The summed E-state index contributed by atoms with van der Waals surface area (Å²) in [6, 6.07) is 7.13. The Bertz CT molecular complexity index is 326. The van der Waals surface area contributed by atoms with Gasteiger partial charge in [0.05, 0.1) is 6.54 Å². The van der Waals surface area contributed by atoms with Gasteiger partial charge < -0.3 is 15.7 Å². The molecule has 0 saturated heterocycles. The first-order chi connectivity index (χ1) is 7.24. The molecule has 0 atom stereocenters. The summed E-state index contributed by atoms with van der Waals surface area (Å²) < 4.78 is 0. The molecular weight excluding hydrogens is 192 g/mol. The Morgan fingerprint density at radius 2 is 2.13 bits per heavy atom. The lowest BCUT2D eigenvalue weighted by molar-refractivity contribution is -0.120. The first-order valence-electron chi connectivity index (χ1n) is 4.92. The van der Waals surface area contributed by atoms with Gasteiger partial charge >= 0.3 is 0 Å². The maximum atomic E-state index is 11.1. The molecule has 1 aromatic rings. The molecule has 0 aliphatic rings. The van der Waals surface area contributed by atoms with Crippen LogP contribution >= 0.6 is 0 Å². The van der Waals surface area contributed by atoms with E-state index in [9.17, 15) is 9.90 Å². The van der Waals surface area contributed by atoms with Gasteiger partial charge in [-0.05, 0) is 25.1 Å². The molecule has 0 saturated carbocycles. The second kappa shape index (κ2) is 6.03. The van der Waals surface area contributed by atoms with E-state index < -0.39 is 0 Å². The molecule has 3 N–H and O–H groups in total. The lowest BCUT2D eigenvalue weighted by Crippen LogP contribution is -2.33. The van der Waals surface area contributed by atoms with E-state index in [-0.39, 0.29) is 11.7 Å². The van der Waals surface area contributed by atoms with Gasteiger partial charge in [-0.1, -0.05) is 18.2 Å². The molecule has 0 spiro atoms. The van der Waals surface area contributed by atoms with E-state index in [1.54, 1.807) is 19.2 Å². The Kier molecular flexibility index (Phi) is 4.63. The zero-order valence-electron chi connectivity index (χ0n) is 8.79. The highest BCUT2D eigenvalue weighted by molar-refractivity contribution is 5.77. The monoisotopic (exact) mass is 208 g/mol. The molecule has 4 heteroatoms. The van der Waals surface area contributed by atoms with Gasteiger partial charge in [0.1, 0.15) is 5.75 Å². The van der Waals surface area contributed by atoms with Crippen molar-refractivity contribution in [3.8, 4) is 5.75 Å². The lowest BCUT2D eigenvalue weighted by Gasteiger charge is -2.06.